The predicted molar refractivity (Wildman–Crippen MR) is 72.3 cm³/mol. The summed E-state index contributed by atoms with van der Waals surface area (Å²) >= 11 is 0. The standard InChI is InChI=1S/C12H14N2O6S/c1-8-2-3-10(5-11(8)14(17)18)21(19,20)13-6-9(7-13)4-12(15)16/h2-3,5,9H,4,6-7H2,1H3,(H,15,16). The molecule has 21 heavy (non-hydrogen) atoms. The van der Waals surface area contributed by atoms with Crippen molar-refractivity contribution in [3.8, 4) is 0 Å². The van der Waals surface area contributed by atoms with E-state index in [-0.39, 0.29) is 36.0 Å². The van der Waals surface area contributed by atoms with E-state index in [2.05, 4.69) is 0 Å². The van der Waals surface area contributed by atoms with Gasteiger partial charge in [-0.3, -0.25) is 14.9 Å². The molecule has 1 N–H and O–H groups in total. The lowest BCUT2D eigenvalue weighted by Crippen LogP contribution is -2.50. The molecule has 0 atom stereocenters. The Balaban J connectivity index is 2.20. The number of aliphatic carboxylic acids is 1. The van der Waals surface area contributed by atoms with E-state index in [1.54, 1.807) is 0 Å². The lowest BCUT2D eigenvalue weighted by atomic mass is 10.00. The number of carboxylic acid groups (broad SMARTS) is 1. The third-order valence-electron chi connectivity index (χ3n) is 3.40. The van der Waals surface area contributed by atoms with Crippen LogP contribution in [0.15, 0.2) is 23.1 Å². The number of nitrogens with zero attached hydrogens (tertiary/aromatic N) is 2. The van der Waals surface area contributed by atoms with Crippen molar-refractivity contribution >= 4 is 21.7 Å². The fraction of sp³-hybridized carbons (Fsp3) is 0.417. The highest BCUT2D eigenvalue weighted by molar-refractivity contribution is 7.89. The van der Waals surface area contributed by atoms with Gasteiger partial charge in [0.25, 0.3) is 5.69 Å². The Labute approximate surface area is 121 Å². The Bertz CT molecular complexity index is 694. The number of benzene rings is 1. The van der Waals surface area contributed by atoms with Crippen molar-refractivity contribution in [1.82, 2.24) is 4.31 Å². The van der Waals surface area contributed by atoms with Gasteiger partial charge in [0, 0.05) is 24.7 Å². The van der Waals surface area contributed by atoms with Crippen LogP contribution in [0.25, 0.3) is 0 Å². The Hall–Kier alpha value is -2.00. The molecule has 0 unspecified atom stereocenters. The highest BCUT2D eigenvalue weighted by Gasteiger charge is 2.38. The predicted octanol–water partition coefficient (Wildman–Crippen LogP) is 0.998. The molecular weight excluding hydrogens is 300 g/mol. The van der Waals surface area contributed by atoms with Gasteiger partial charge in [0.05, 0.1) is 16.2 Å². The first-order chi connectivity index (χ1) is 9.71. The van der Waals surface area contributed by atoms with Crippen molar-refractivity contribution in [3.63, 3.8) is 0 Å². The molecule has 8 nitrogen and oxygen atoms in total. The van der Waals surface area contributed by atoms with Crippen LogP contribution in [-0.2, 0) is 14.8 Å². The summed E-state index contributed by atoms with van der Waals surface area (Å²) in [5.74, 6) is -1.18. The van der Waals surface area contributed by atoms with Gasteiger partial charge in [-0.2, -0.15) is 4.31 Å². The molecule has 9 heteroatoms. The summed E-state index contributed by atoms with van der Waals surface area (Å²) < 4.78 is 25.7. The van der Waals surface area contributed by atoms with Crippen molar-refractivity contribution < 1.29 is 23.2 Å². The van der Waals surface area contributed by atoms with E-state index in [1.807, 2.05) is 0 Å². The lowest BCUT2D eigenvalue weighted by molar-refractivity contribution is -0.385. The van der Waals surface area contributed by atoms with Crippen LogP contribution in [0.3, 0.4) is 0 Å². The molecular formula is C12H14N2O6S. The van der Waals surface area contributed by atoms with Crippen LogP contribution in [0, 0.1) is 23.0 Å². The average Bonchev–Trinajstić information content (AvgIpc) is 2.32. The second-order valence-corrected chi connectivity index (χ2v) is 6.93. The van der Waals surface area contributed by atoms with Crippen molar-refractivity contribution in [2.24, 2.45) is 5.92 Å². The third kappa shape index (κ3) is 3.03. The van der Waals surface area contributed by atoms with E-state index in [0.29, 0.717) is 5.56 Å². The SMILES string of the molecule is Cc1ccc(S(=O)(=O)N2CC(CC(=O)O)C2)cc1[N+](=O)[O-]. The number of carboxylic acids is 1. The van der Waals surface area contributed by atoms with Gasteiger partial charge in [0.2, 0.25) is 10.0 Å². The van der Waals surface area contributed by atoms with Gasteiger partial charge in [-0.25, -0.2) is 8.42 Å². The largest absolute Gasteiger partial charge is 0.481 e. The number of hydrogen-bond acceptors (Lipinski definition) is 5. The maximum Gasteiger partial charge on any atom is 0.303 e. The number of aryl methyl sites for hydroxylation is 1. The molecule has 0 saturated carbocycles. The van der Waals surface area contributed by atoms with Gasteiger partial charge in [-0.05, 0) is 18.9 Å². The molecule has 1 saturated heterocycles. The highest BCUT2D eigenvalue weighted by Crippen LogP contribution is 2.29. The first-order valence-electron chi connectivity index (χ1n) is 6.19. The summed E-state index contributed by atoms with van der Waals surface area (Å²) in [6.07, 6.45) is -0.0833. The normalized spacial score (nSPS) is 16.4. The number of hydrogen-bond donors (Lipinski definition) is 1. The monoisotopic (exact) mass is 314 g/mol. The number of carbonyl (C=O) groups is 1. The van der Waals surface area contributed by atoms with Crippen LogP contribution >= 0.6 is 0 Å². The van der Waals surface area contributed by atoms with E-state index in [9.17, 15) is 23.3 Å². The average molecular weight is 314 g/mol. The summed E-state index contributed by atoms with van der Waals surface area (Å²) in [4.78, 5) is 20.6. The minimum atomic E-state index is -3.81. The van der Waals surface area contributed by atoms with Crippen LogP contribution in [0.1, 0.15) is 12.0 Å². The zero-order chi connectivity index (χ0) is 15.8. The maximum absolute atomic E-state index is 12.3. The zero-order valence-electron chi connectivity index (χ0n) is 11.2. The Morgan fingerprint density at radius 3 is 2.62 bits per heavy atom. The lowest BCUT2D eigenvalue weighted by Gasteiger charge is -2.37. The van der Waals surface area contributed by atoms with Crippen LogP contribution in [0.2, 0.25) is 0 Å². The molecule has 0 aliphatic carbocycles. The molecule has 0 bridgehead atoms. The first kappa shape index (κ1) is 15.4. The second kappa shape index (κ2) is 5.41. The number of sulfonamides is 1. The summed E-state index contributed by atoms with van der Waals surface area (Å²) in [7, 11) is -3.81. The van der Waals surface area contributed by atoms with Crippen molar-refractivity contribution in [1.29, 1.82) is 0 Å². The molecule has 0 amide bonds. The van der Waals surface area contributed by atoms with Gasteiger partial charge in [0.15, 0.2) is 0 Å². The van der Waals surface area contributed by atoms with E-state index in [0.717, 1.165) is 10.4 Å². The third-order valence-corrected chi connectivity index (χ3v) is 5.23. The molecule has 1 fully saturated rings. The van der Waals surface area contributed by atoms with Gasteiger partial charge < -0.3 is 5.11 Å². The first-order valence-corrected chi connectivity index (χ1v) is 7.63. The van der Waals surface area contributed by atoms with Crippen LogP contribution in [0.5, 0.6) is 0 Å². The van der Waals surface area contributed by atoms with Crippen molar-refractivity contribution in [2.75, 3.05) is 13.1 Å². The smallest absolute Gasteiger partial charge is 0.303 e. The van der Waals surface area contributed by atoms with Gasteiger partial charge in [-0.1, -0.05) is 6.07 Å². The summed E-state index contributed by atoms with van der Waals surface area (Å²) in [5.41, 5.74) is 0.130. The summed E-state index contributed by atoms with van der Waals surface area (Å²) in [6, 6.07) is 3.75. The van der Waals surface area contributed by atoms with E-state index in [4.69, 9.17) is 5.11 Å². The van der Waals surface area contributed by atoms with Crippen LogP contribution < -0.4 is 0 Å². The molecule has 0 radical (unpaired) electrons. The Kier molecular flexibility index (Phi) is 3.97. The Morgan fingerprint density at radius 2 is 2.10 bits per heavy atom. The fourth-order valence-corrected chi connectivity index (χ4v) is 3.80. The van der Waals surface area contributed by atoms with Gasteiger partial charge in [0.1, 0.15) is 0 Å². The minimum absolute atomic E-state index is 0.0833. The van der Waals surface area contributed by atoms with Gasteiger partial charge in [-0.15, -0.1) is 0 Å². The highest BCUT2D eigenvalue weighted by atomic mass is 32.2. The van der Waals surface area contributed by atoms with Crippen molar-refractivity contribution in [2.45, 2.75) is 18.2 Å². The quantitative estimate of drug-likeness (QED) is 0.640. The minimum Gasteiger partial charge on any atom is -0.481 e. The molecule has 0 aromatic heterocycles. The molecule has 1 aliphatic rings. The van der Waals surface area contributed by atoms with Crippen molar-refractivity contribution in [3.05, 3.63) is 33.9 Å². The molecule has 0 spiro atoms. The van der Waals surface area contributed by atoms with Crippen LogP contribution in [0.4, 0.5) is 5.69 Å². The molecule has 1 aliphatic heterocycles. The topological polar surface area (TPSA) is 118 Å². The van der Waals surface area contributed by atoms with E-state index < -0.39 is 20.9 Å². The van der Waals surface area contributed by atoms with E-state index >= 15 is 0 Å². The molecule has 1 heterocycles. The molecule has 2 rings (SSSR count). The number of rotatable bonds is 5. The molecule has 114 valence electrons. The number of nitro groups is 1. The molecule has 1 aromatic rings. The summed E-state index contributed by atoms with van der Waals surface area (Å²) in [6.45, 7) is 1.77. The van der Waals surface area contributed by atoms with Gasteiger partial charge >= 0.3 is 5.97 Å². The summed E-state index contributed by atoms with van der Waals surface area (Å²) in [5, 5.41) is 19.5. The second-order valence-electron chi connectivity index (χ2n) is 4.99. The molecule has 1 aromatic carbocycles. The van der Waals surface area contributed by atoms with E-state index in [1.165, 1.54) is 19.1 Å². The zero-order valence-corrected chi connectivity index (χ0v) is 12.0. The Morgan fingerprint density at radius 1 is 1.48 bits per heavy atom. The maximum atomic E-state index is 12.3. The fourth-order valence-electron chi connectivity index (χ4n) is 2.19. The van der Waals surface area contributed by atoms with Crippen LogP contribution in [-0.4, -0.2) is 41.8 Å². The number of nitro benzene ring substituents is 1.